The van der Waals surface area contributed by atoms with Gasteiger partial charge in [0.05, 0.1) is 17.4 Å². The van der Waals surface area contributed by atoms with Crippen molar-refractivity contribution in [3.05, 3.63) is 29.8 Å². The van der Waals surface area contributed by atoms with Gasteiger partial charge < -0.3 is 10.1 Å². The van der Waals surface area contributed by atoms with Crippen LogP contribution in [-0.4, -0.2) is 18.6 Å². The van der Waals surface area contributed by atoms with Gasteiger partial charge in [0, 0.05) is 0 Å². The van der Waals surface area contributed by atoms with Crippen LogP contribution in [0.15, 0.2) is 24.3 Å². The molecule has 0 bridgehead atoms. The second-order valence-corrected chi connectivity index (χ2v) is 6.38. The predicted molar refractivity (Wildman–Crippen MR) is 81.8 cm³/mol. The van der Waals surface area contributed by atoms with Crippen LogP contribution in [0.5, 0.6) is 0 Å². The molecule has 0 heterocycles. The standard InChI is InChI=1S/C17H22N2O2/c1-17(2)9-7-14(8-10-17)21-12-16(20)19-15-6-4-3-5-13(15)11-18/h3-6,14H,7-10,12H2,1-2H3,(H,19,20). The molecule has 0 atom stereocenters. The molecule has 0 radical (unpaired) electrons. The van der Waals surface area contributed by atoms with E-state index in [1.54, 1.807) is 24.3 Å². The number of benzene rings is 1. The topological polar surface area (TPSA) is 62.1 Å². The summed E-state index contributed by atoms with van der Waals surface area (Å²) in [6, 6.07) is 9.03. The summed E-state index contributed by atoms with van der Waals surface area (Å²) in [6.45, 7) is 4.59. The zero-order valence-electron chi connectivity index (χ0n) is 12.7. The Morgan fingerprint density at radius 2 is 2.05 bits per heavy atom. The van der Waals surface area contributed by atoms with Crippen LogP contribution in [0.4, 0.5) is 5.69 Å². The van der Waals surface area contributed by atoms with Crippen molar-refractivity contribution in [2.75, 3.05) is 11.9 Å². The zero-order chi connectivity index (χ0) is 15.3. The number of amides is 1. The summed E-state index contributed by atoms with van der Waals surface area (Å²) in [6.07, 6.45) is 4.46. The predicted octanol–water partition coefficient (Wildman–Crippen LogP) is 3.48. The van der Waals surface area contributed by atoms with E-state index in [0.717, 1.165) is 25.7 Å². The van der Waals surface area contributed by atoms with Crippen LogP contribution in [0, 0.1) is 16.7 Å². The van der Waals surface area contributed by atoms with E-state index in [0.29, 0.717) is 16.7 Å². The van der Waals surface area contributed by atoms with Crippen LogP contribution in [0.25, 0.3) is 0 Å². The molecule has 0 saturated heterocycles. The fraction of sp³-hybridized carbons (Fsp3) is 0.529. The fourth-order valence-electron chi connectivity index (χ4n) is 2.61. The number of nitrogens with one attached hydrogen (secondary N) is 1. The Balaban J connectivity index is 1.79. The smallest absolute Gasteiger partial charge is 0.250 e. The minimum Gasteiger partial charge on any atom is -0.368 e. The minimum absolute atomic E-state index is 0.0465. The van der Waals surface area contributed by atoms with Crippen molar-refractivity contribution in [1.82, 2.24) is 0 Å². The van der Waals surface area contributed by atoms with Crippen molar-refractivity contribution in [1.29, 1.82) is 5.26 Å². The van der Waals surface area contributed by atoms with E-state index in [2.05, 4.69) is 25.2 Å². The molecular weight excluding hydrogens is 264 g/mol. The van der Waals surface area contributed by atoms with E-state index >= 15 is 0 Å². The third-order valence-corrected chi connectivity index (χ3v) is 4.06. The highest BCUT2D eigenvalue weighted by Gasteiger charge is 2.27. The van der Waals surface area contributed by atoms with Crippen molar-refractivity contribution in [2.24, 2.45) is 5.41 Å². The molecule has 1 N–H and O–H groups in total. The molecule has 1 amide bonds. The van der Waals surface area contributed by atoms with Gasteiger partial charge in [0.2, 0.25) is 5.91 Å². The third kappa shape index (κ3) is 4.57. The summed E-state index contributed by atoms with van der Waals surface area (Å²) in [5.41, 5.74) is 1.40. The number of hydrogen-bond donors (Lipinski definition) is 1. The highest BCUT2D eigenvalue weighted by molar-refractivity contribution is 5.92. The van der Waals surface area contributed by atoms with Gasteiger partial charge in [-0.15, -0.1) is 0 Å². The average molecular weight is 286 g/mol. The lowest BCUT2D eigenvalue weighted by molar-refractivity contribution is -0.123. The van der Waals surface area contributed by atoms with Crippen molar-refractivity contribution >= 4 is 11.6 Å². The Labute approximate surface area is 126 Å². The van der Waals surface area contributed by atoms with Crippen LogP contribution < -0.4 is 5.32 Å². The monoisotopic (exact) mass is 286 g/mol. The van der Waals surface area contributed by atoms with Gasteiger partial charge in [-0.3, -0.25) is 4.79 Å². The average Bonchev–Trinajstić information content (AvgIpc) is 2.47. The zero-order valence-corrected chi connectivity index (χ0v) is 12.7. The summed E-state index contributed by atoms with van der Waals surface area (Å²) in [5, 5.41) is 11.7. The van der Waals surface area contributed by atoms with Gasteiger partial charge >= 0.3 is 0 Å². The molecule has 1 aromatic rings. The first-order valence-corrected chi connectivity index (χ1v) is 7.41. The molecule has 112 valence electrons. The lowest BCUT2D eigenvalue weighted by atomic mass is 9.76. The van der Waals surface area contributed by atoms with Crippen LogP contribution >= 0.6 is 0 Å². The van der Waals surface area contributed by atoms with Crippen molar-refractivity contribution in [3.8, 4) is 6.07 Å². The summed E-state index contributed by atoms with van der Waals surface area (Å²) in [5.74, 6) is -0.206. The number of anilines is 1. The Hall–Kier alpha value is -1.86. The molecule has 1 fully saturated rings. The molecular formula is C17H22N2O2. The molecule has 2 rings (SSSR count). The first-order valence-electron chi connectivity index (χ1n) is 7.41. The molecule has 1 aromatic carbocycles. The maximum absolute atomic E-state index is 11.9. The summed E-state index contributed by atoms with van der Waals surface area (Å²) in [7, 11) is 0. The number of rotatable bonds is 4. The highest BCUT2D eigenvalue weighted by atomic mass is 16.5. The van der Waals surface area contributed by atoms with Gasteiger partial charge in [-0.1, -0.05) is 26.0 Å². The molecule has 0 spiro atoms. The number of hydrogen-bond acceptors (Lipinski definition) is 3. The van der Waals surface area contributed by atoms with E-state index in [-0.39, 0.29) is 18.6 Å². The molecule has 0 unspecified atom stereocenters. The van der Waals surface area contributed by atoms with Gasteiger partial charge in [0.25, 0.3) is 0 Å². The Morgan fingerprint density at radius 1 is 1.38 bits per heavy atom. The lowest BCUT2D eigenvalue weighted by Gasteiger charge is -2.34. The Kier molecular flexibility index (Phi) is 4.98. The number of carbonyl (C=O) groups excluding carboxylic acids is 1. The molecule has 21 heavy (non-hydrogen) atoms. The van der Waals surface area contributed by atoms with Crippen LogP contribution in [0.2, 0.25) is 0 Å². The van der Waals surface area contributed by atoms with Crippen LogP contribution in [-0.2, 0) is 9.53 Å². The largest absolute Gasteiger partial charge is 0.368 e. The van der Waals surface area contributed by atoms with Gasteiger partial charge in [-0.25, -0.2) is 0 Å². The van der Waals surface area contributed by atoms with Crippen LogP contribution in [0.1, 0.15) is 45.1 Å². The minimum atomic E-state index is -0.206. The van der Waals surface area contributed by atoms with E-state index < -0.39 is 0 Å². The Bertz CT molecular complexity index is 536. The molecule has 1 aliphatic rings. The molecule has 0 aromatic heterocycles. The van der Waals surface area contributed by atoms with Crippen molar-refractivity contribution < 1.29 is 9.53 Å². The van der Waals surface area contributed by atoms with Crippen molar-refractivity contribution in [2.45, 2.75) is 45.6 Å². The fourth-order valence-corrected chi connectivity index (χ4v) is 2.61. The first kappa shape index (κ1) is 15.5. The SMILES string of the molecule is CC1(C)CCC(OCC(=O)Nc2ccccc2C#N)CC1. The molecule has 1 saturated carbocycles. The summed E-state index contributed by atoms with van der Waals surface area (Å²) >= 11 is 0. The van der Waals surface area contributed by atoms with Gasteiger partial charge in [-0.05, 0) is 43.2 Å². The highest BCUT2D eigenvalue weighted by Crippen LogP contribution is 2.36. The molecule has 0 aliphatic heterocycles. The lowest BCUT2D eigenvalue weighted by Crippen LogP contribution is -2.29. The maximum Gasteiger partial charge on any atom is 0.250 e. The number of ether oxygens (including phenoxy) is 1. The van der Waals surface area contributed by atoms with Gasteiger partial charge in [0.15, 0.2) is 0 Å². The van der Waals surface area contributed by atoms with E-state index in [9.17, 15) is 4.79 Å². The van der Waals surface area contributed by atoms with Gasteiger partial charge in [-0.2, -0.15) is 5.26 Å². The van der Waals surface area contributed by atoms with E-state index in [1.165, 1.54) is 0 Å². The van der Waals surface area contributed by atoms with Crippen molar-refractivity contribution in [3.63, 3.8) is 0 Å². The number of para-hydroxylation sites is 1. The Morgan fingerprint density at radius 3 is 2.71 bits per heavy atom. The summed E-state index contributed by atoms with van der Waals surface area (Å²) < 4.78 is 5.69. The normalized spacial score (nSPS) is 18.0. The molecule has 4 nitrogen and oxygen atoms in total. The molecule has 4 heteroatoms. The second kappa shape index (κ2) is 6.73. The maximum atomic E-state index is 11.9. The number of carbonyl (C=O) groups is 1. The van der Waals surface area contributed by atoms with E-state index in [4.69, 9.17) is 10.00 Å². The first-order chi connectivity index (χ1) is 10.00. The van der Waals surface area contributed by atoms with E-state index in [1.807, 2.05) is 0 Å². The summed E-state index contributed by atoms with van der Waals surface area (Å²) in [4.78, 5) is 11.9. The second-order valence-electron chi connectivity index (χ2n) is 6.38. The quantitative estimate of drug-likeness (QED) is 0.921. The number of nitriles is 1. The van der Waals surface area contributed by atoms with Crippen LogP contribution in [0.3, 0.4) is 0 Å². The third-order valence-electron chi connectivity index (χ3n) is 4.06. The van der Waals surface area contributed by atoms with Gasteiger partial charge in [0.1, 0.15) is 12.7 Å². The molecule has 1 aliphatic carbocycles. The number of nitrogens with zero attached hydrogens (tertiary/aromatic N) is 1.